The largest absolute Gasteiger partial charge is 0.344 e. The Balaban J connectivity index is 1.82. The zero-order valence-corrected chi connectivity index (χ0v) is 25.7. The van der Waals surface area contributed by atoms with Crippen LogP contribution in [0.15, 0.2) is 102 Å². The Labute approximate surface area is 246 Å². The Morgan fingerprint density at radius 1 is 1.07 bits per heavy atom. The number of rotatable bonds is 10. The molecule has 0 radical (unpaired) electrons. The number of anilines is 1. The van der Waals surface area contributed by atoms with Crippen LogP contribution in [-0.2, 0) is 5.41 Å². The lowest BCUT2D eigenvalue weighted by molar-refractivity contribution is -0.468. The fourth-order valence-electron chi connectivity index (χ4n) is 6.52. The average molecular weight is 553 g/mol. The molecule has 1 aromatic carbocycles. The molecule has 216 valence electrons. The Hall–Kier alpha value is -3.73. The van der Waals surface area contributed by atoms with Crippen LogP contribution in [0.2, 0.25) is 0 Å². The van der Waals surface area contributed by atoms with Gasteiger partial charge in [0.2, 0.25) is 5.70 Å². The van der Waals surface area contributed by atoms with E-state index in [-0.39, 0.29) is 21.4 Å². The maximum atomic E-state index is 11.6. The van der Waals surface area contributed by atoms with E-state index in [2.05, 4.69) is 106 Å². The number of benzene rings is 1. The van der Waals surface area contributed by atoms with Crippen molar-refractivity contribution in [2.45, 2.75) is 79.1 Å². The van der Waals surface area contributed by atoms with Gasteiger partial charge in [-0.05, 0) is 50.0 Å². The second kappa shape index (κ2) is 12.4. The molecule has 41 heavy (non-hydrogen) atoms. The van der Waals surface area contributed by atoms with Crippen molar-refractivity contribution in [3.05, 3.63) is 118 Å². The van der Waals surface area contributed by atoms with Crippen LogP contribution in [0.4, 0.5) is 11.4 Å². The maximum absolute atomic E-state index is 11.6. The van der Waals surface area contributed by atoms with E-state index in [4.69, 9.17) is 0 Å². The number of unbranched alkanes of at least 4 members (excludes halogenated alkanes) is 2. The van der Waals surface area contributed by atoms with E-state index in [1.165, 1.54) is 28.3 Å². The monoisotopic (exact) mass is 552 g/mol. The first-order valence-corrected chi connectivity index (χ1v) is 15.1. The van der Waals surface area contributed by atoms with Crippen molar-refractivity contribution in [2.24, 2.45) is 5.41 Å². The fraction of sp³-hybridized carbons (Fsp3) is 0.417. The molecule has 5 heteroatoms. The molecule has 0 fully saturated rings. The van der Waals surface area contributed by atoms with Gasteiger partial charge in [-0.3, -0.25) is 10.1 Å². The molecule has 0 atom stereocenters. The summed E-state index contributed by atoms with van der Waals surface area (Å²) >= 11 is 0. The van der Waals surface area contributed by atoms with Crippen molar-refractivity contribution in [1.29, 1.82) is 0 Å². The molecule has 0 aromatic heterocycles. The van der Waals surface area contributed by atoms with Gasteiger partial charge in [0, 0.05) is 59.6 Å². The molecule has 2 heterocycles. The Kier molecular flexibility index (Phi) is 9.16. The summed E-state index contributed by atoms with van der Waals surface area (Å²) in [6.07, 6.45) is 24.8. The second-order valence-electron chi connectivity index (χ2n) is 12.2. The van der Waals surface area contributed by atoms with Crippen molar-refractivity contribution in [1.82, 2.24) is 0 Å². The smallest absolute Gasteiger partial charge is 0.269 e. The first-order chi connectivity index (χ1) is 19.6. The second-order valence-corrected chi connectivity index (χ2v) is 12.2. The van der Waals surface area contributed by atoms with Gasteiger partial charge in [0.25, 0.3) is 5.69 Å². The van der Waals surface area contributed by atoms with Crippen LogP contribution in [0.25, 0.3) is 0 Å². The summed E-state index contributed by atoms with van der Waals surface area (Å²) < 4.78 is 2.49. The number of allylic oxidation sites excluding steroid dienone is 12. The molecule has 1 aliphatic carbocycles. The van der Waals surface area contributed by atoms with Crippen molar-refractivity contribution in [2.75, 3.05) is 18.0 Å². The highest BCUT2D eigenvalue weighted by atomic mass is 16.6. The molecular weight excluding hydrogens is 506 g/mol. The average Bonchev–Trinajstić information content (AvgIpc) is 3.29. The van der Waals surface area contributed by atoms with Crippen LogP contribution in [0.1, 0.15) is 79.2 Å². The zero-order valence-electron chi connectivity index (χ0n) is 25.7. The lowest BCUT2D eigenvalue weighted by atomic mass is 9.77. The molecule has 0 unspecified atom stereocenters. The van der Waals surface area contributed by atoms with Crippen molar-refractivity contribution < 1.29 is 9.50 Å². The lowest BCUT2D eigenvalue weighted by Gasteiger charge is -2.27. The highest BCUT2D eigenvalue weighted by molar-refractivity contribution is 6.01. The number of hydrogen-bond acceptors (Lipinski definition) is 3. The first-order valence-electron chi connectivity index (χ1n) is 15.1. The van der Waals surface area contributed by atoms with Crippen molar-refractivity contribution >= 4 is 17.1 Å². The van der Waals surface area contributed by atoms with Crippen LogP contribution in [0.5, 0.6) is 0 Å². The molecule has 5 nitrogen and oxygen atoms in total. The number of fused-ring (bicyclic) bond motifs is 1. The number of nitro benzene ring substituents is 1. The van der Waals surface area contributed by atoms with Crippen molar-refractivity contribution in [3.63, 3.8) is 0 Å². The minimum atomic E-state index is -0.350. The molecule has 0 saturated heterocycles. The Morgan fingerprint density at radius 2 is 1.83 bits per heavy atom. The normalized spacial score (nSPS) is 22.9. The van der Waals surface area contributed by atoms with E-state index >= 15 is 0 Å². The minimum Gasteiger partial charge on any atom is -0.344 e. The molecular formula is C36H46N3O2+. The van der Waals surface area contributed by atoms with Gasteiger partial charge in [-0.15, -0.1) is 0 Å². The summed E-state index contributed by atoms with van der Waals surface area (Å²) in [4.78, 5) is 13.7. The van der Waals surface area contributed by atoms with E-state index in [1.807, 2.05) is 12.1 Å². The molecule has 0 bridgehead atoms. The summed E-state index contributed by atoms with van der Waals surface area (Å²) in [5.74, 6) is 0. The standard InChI is InChI=1S/C36H46N3O2/c1-8-11-24-37-30-23-22-28(39(40)41)26-29(30)35(4,5)32(37)20-16-21-33-36(6,7)34(27-18-14-13-15-19-27)31(17-10-3)38(33)25-12-9-2/h10,13-18,20-23,26H,3,8-9,11-12,19,24-25H2,1-2,4-7H3/q+1/b31-17+,34-27+. The highest BCUT2D eigenvalue weighted by Gasteiger charge is 2.48. The maximum Gasteiger partial charge on any atom is 0.269 e. The fourth-order valence-corrected chi connectivity index (χ4v) is 6.52. The third-order valence-electron chi connectivity index (χ3n) is 8.65. The van der Waals surface area contributed by atoms with Gasteiger partial charge in [0.15, 0.2) is 5.71 Å². The molecule has 1 aromatic rings. The minimum absolute atomic E-state index is 0.146. The van der Waals surface area contributed by atoms with E-state index in [0.717, 1.165) is 56.4 Å². The predicted molar refractivity (Wildman–Crippen MR) is 173 cm³/mol. The summed E-state index contributed by atoms with van der Waals surface area (Å²) in [5, 5.41) is 11.6. The van der Waals surface area contributed by atoms with Crippen LogP contribution in [0.3, 0.4) is 0 Å². The molecule has 4 rings (SSSR count). The SMILES string of the molecule is C=C/C=C1\C(=C2\C=CC=CC2)C(C)(C)C(/C=C/C=C2\N(CCCC)c3ccc([N+](=O)[O-])cc3C2(C)C)=[N+]1CCCC. The lowest BCUT2D eigenvalue weighted by Crippen LogP contribution is -2.27. The topological polar surface area (TPSA) is 49.4 Å². The van der Waals surface area contributed by atoms with Gasteiger partial charge in [-0.25, -0.2) is 0 Å². The van der Waals surface area contributed by atoms with Gasteiger partial charge in [-0.2, -0.15) is 4.58 Å². The van der Waals surface area contributed by atoms with Crippen LogP contribution < -0.4 is 4.90 Å². The van der Waals surface area contributed by atoms with Crippen LogP contribution >= 0.6 is 0 Å². The molecule has 0 spiro atoms. The third kappa shape index (κ3) is 5.72. The summed E-state index contributed by atoms with van der Waals surface area (Å²) in [6.45, 7) is 19.3. The Bertz CT molecular complexity index is 1430. The van der Waals surface area contributed by atoms with Crippen molar-refractivity contribution in [3.8, 4) is 0 Å². The predicted octanol–water partition coefficient (Wildman–Crippen LogP) is 9.11. The quantitative estimate of drug-likeness (QED) is 0.165. The van der Waals surface area contributed by atoms with Gasteiger partial charge in [0.1, 0.15) is 6.54 Å². The van der Waals surface area contributed by atoms with E-state index in [1.54, 1.807) is 12.1 Å². The third-order valence-corrected chi connectivity index (χ3v) is 8.65. The summed E-state index contributed by atoms with van der Waals surface area (Å²) in [7, 11) is 0. The molecule has 3 aliphatic rings. The summed E-state index contributed by atoms with van der Waals surface area (Å²) in [5.41, 5.74) is 8.13. The van der Waals surface area contributed by atoms with E-state index in [0.29, 0.717) is 0 Å². The Morgan fingerprint density at radius 3 is 2.46 bits per heavy atom. The van der Waals surface area contributed by atoms with Gasteiger partial charge in [0.05, 0.1) is 10.3 Å². The van der Waals surface area contributed by atoms with E-state index < -0.39 is 0 Å². The van der Waals surface area contributed by atoms with Crippen LogP contribution in [0, 0.1) is 15.5 Å². The number of nitro groups is 1. The molecule has 0 N–H and O–H groups in total. The van der Waals surface area contributed by atoms with Crippen LogP contribution in [-0.4, -0.2) is 28.3 Å². The number of nitrogens with zero attached hydrogens (tertiary/aromatic N) is 3. The molecule has 2 aliphatic heterocycles. The number of non-ortho nitro benzene ring substituents is 1. The van der Waals surface area contributed by atoms with Gasteiger partial charge < -0.3 is 4.90 Å². The highest BCUT2D eigenvalue weighted by Crippen LogP contribution is 2.49. The molecule has 0 amide bonds. The first kappa shape index (κ1) is 30.2. The summed E-state index contributed by atoms with van der Waals surface area (Å²) in [6, 6.07) is 5.32. The van der Waals surface area contributed by atoms with E-state index in [9.17, 15) is 10.1 Å². The number of hydrogen-bond donors (Lipinski definition) is 0. The van der Waals surface area contributed by atoms with Gasteiger partial charge >= 0.3 is 0 Å². The zero-order chi connectivity index (χ0) is 29.8. The van der Waals surface area contributed by atoms with Gasteiger partial charge in [-0.1, -0.05) is 83.6 Å². The molecule has 0 saturated carbocycles.